The van der Waals surface area contributed by atoms with Gasteiger partial charge in [0.15, 0.2) is 6.10 Å². The van der Waals surface area contributed by atoms with Crippen molar-refractivity contribution in [3.05, 3.63) is 0 Å². The number of ether oxygens (including phenoxy) is 2. The molecule has 0 amide bonds. The molecule has 2 atom stereocenters. The van der Waals surface area contributed by atoms with E-state index in [0.717, 1.165) is 38.0 Å². The summed E-state index contributed by atoms with van der Waals surface area (Å²) < 4.78 is 26.2. The number of hydrogen-bond acceptors (Lipinski definition) is 6. The number of carbonyl (C=O) groups excluding carboxylic acids is 2. The lowest BCUT2D eigenvalue weighted by molar-refractivity contribution is -0.161. The van der Waals surface area contributed by atoms with Gasteiger partial charge < -0.3 is 19.3 Å². The molecule has 280 valence electrons. The van der Waals surface area contributed by atoms with Gasteiger partial charge in [-0.15, -0.1) is 0 Å². The summed E-state index contributed by atoms with van der Waals surface area (Å²) in [5.41, 5.74) is 0. The van der Waals surface area contributed by atoms with E-state index in [-0.39, 0.29) is 19.4 Å². The number of phosphoric acid groups is 1. The van der Waals surface area contributed by atoms with Gasteiger partial charge >= 0.3 is 19.8 Å². The maximum Gasteiger partial charge on any atom is 0.469 e. The van der Waals surface area contributed by atoms with E-state index in [9.17, 15) is 14.2 Å². The Kier molecular flexibility index (Phi) is 32.9. The highest BCUT2D eigenvalue weighted by Gasteiger charge is 2.22. The molecule has 9 heteroatoms. The van der Waals surface area contributed by atoms with Gasteiger partial charge in [0.05, 0.1) is 6.61 Å². The molecule has 0 bridgehead atoms. The summed E-state index contributed by atoms with van der Waals surface area (Å²) >= 11 is 0. The quantitative estimate of drug-likeness (QED) is 0.0379. The molecule has 0 aromatic carbocycles. The minimum atomic E-state index is -4.74. The van der Waals surface area contributed by atoms with Crippen LogP contribution in [-0.2, 0) is 28.2 Å². The lowest BCUT2D eigenvalue weighted by Crippen LogP contribution is -2.29. The normalized spacial score (nSPS) is 13.0. The van der Waals surface area contributed by atoms with Crippen molar-refractivity contribution in [3.8, 4) is 0 Å². The fourth-order valence-corrected chi connectivity index (χ4v) is 6.18. The lowest BCUT2D eigenvalue weighted by atomic mass is 9.99. The number of rotatable bonds is 36. The molecule has 0 radical (unpaired) electrons. The molecule has 0 saturated carbocycles. The van der Waals surface area contributed by atoms with Crippen LogP contribution in [0.2, 0.25) is 0 Å². The van der Waals surface area contributed by atoms with Crippen molar-refractivity contribution in [3.63, 3.8) is 0 Å². The Balaban J connectivity index is 3.76. The number of carbonyl (C=O) groups is 2. The topological polar surface area (TPSA) is 119 Å². The number of unbranched alkanes of at least 4 members (excludes halogenated alkanes) is 23. The van der Waals surface area contributed by atoms with Gasteiger partial charge in [0.1, 0.15) is 6.61 Å². The molecule has 0 saturated heterocycles. The molecule has 1 unspecified atom stereocenters. The van der Waals surface area contributed by atoms with Crippen LogP contribution in [0.3, 0.4) is 0 Å². The molecular formula is C38H75O8P. The second-order valence-electron chi connectivity index (χ2n) is 13.9. The molecule has 0 aliphatic rings. The Morgan fingerprint density at radius 3 is 1.34 bits per heavy atom. The van der Waals surface area contributed by atoms with E-state index < -0.39 is 32.5 Å². The molecule has 0 heterocycles. The van der Waals surface area contributed by atoms with E-state index in [1.165, 1.54) is 135 Å². The van der Waals surface area contributed by atoms with Gasteiger partial charge in [-0.1, -0.05) is 181 Å². The largest absolute Gasteiger partial charge is 0.469 e. The van der Waals surface area contributed by atoms with Crippen LogP contribution in [0, 0.1) is 5.92 Å². The molecule has 0 rings (SSSR count). The Morgan fingerprint density at radius 2 is 0.936 bits per heavy atom. The van der Waals surface area contributed by atoms with Crippen molar-refractivity contribution in [1.82, 2.24) is 0 Å². The fourth-order valence-electron chi connectivity index (χ4n) is 5.82. The van der Waals surface area contributed by atoms with Crippen LogP contribution in [0.4, 0.5) is 0 Å². The van der Waals surface area contributed by atoms with Crippen molar-refractivity contribution in [1.29, 1.82) is 0 Å². The molecule has 0 aromatic heterocycles. The minimum Gasteiger partial charge on any atom is -0.462 e. The number of phosphoric ester groups is 1. The molecule has 8 nitrogen and oxygen atoms in total. The van der Waals surface area contributed by atoms with Gasteiger partial charge in [-0.25, -0.2) is 4.57 Å². The third kappa shape index (κ3) is 36.2. The molecule has 2 N–H and O–H groups in total. The first kappa shape index (κ1) is 46.0. The fraction of sp³-hybridized carbons (Fsp3) is 0.947. The summed E-state index contributed by atoms with van der Waals surface area (Å²) in [6.07, 6.45) is 32.8. The zero-order chi connectivity index (χ0) is 34.9. The first-order valence-corrected chi connectivity index (χ1v) is 21.3. The Bertz CT molecular complexity index is 756. The van der Waals surface area contributed by atoms with E-state index in [0.29, 0.717) is 6.42 Å². The standard InChI is InChI=1S/C38H75O8P/c1-4-6-7-8-21-25-28-31-37(39)44-33-36(34-45-47(41,42)43)46-38(40)32-29-26-23-20-18-16-14-12-10-9-11-13-15-17-19-22-24-27-30-35(3)5-2/h35-36H,4-34H2,1-3H3,(H2,41,42,43)/t35?,36-/m1/s1. The van der Waals surface area contributed by atoms with Crippen molar-refractivity contribution >= 4 is 19.8 Å². The summed E-state index contributed by atoms with van der Waals surface area (Å²) in [5, 5.41) is 0. The minimum absolute atomic E-state index is 0.219. The van der Waals surface area contributed by atoms with Crippen LogP contribution in [0.5, 0.6) is 0 Å². The summed E-state index contributed by atoms with van der Waals surface area (Å²) in [6, 6.07) is 0. The van der Waals surface area contributed by atoms with Gasteiger partial charge in [0, 0.05) is 12.8 Å². The van der Waals surface area contributed by atoms with Crippen molar-refractivity contribution in [2.75, 3.05) is 13.2 Å². The maximum absolute atomic E-state index is 12.3. The molecule has 0 aliphatic carbocycles. The second-order valence-corrected chi connectivity index (χ2v) is 15.1. The molecule has 0 aromatic rings. The summed E-state index contributed by atoms with van der Waals surface area (Å²) in [5.74, 6) is 0.0210. The third-order valence-electron chi connectivity index (χ3n) is 9.17. The van der Waals surface area contributed by atoms with E-state index in [4.69, 9.17) is 19.3 Å². The SMILES string of the molecule is CCCCCCCCCC(=O)OC[C@H](COP(=O)(O)O)OC(=O)CCCCCCCCCCCCCCCCCCCCC(C)CC. The van der Waals surface area contributed by atoms with Gasteiger partial charge in [-0.2, -0.15) is 0 Å². The Morgan fingerprint density at radius 1 is 0.553 bits per heavy atom. The van der Waals surface area contributed by atoms with E-state index in [1.807, 2.05) is 0 Å². The predicted octanol–water partition coefficient (Wildman–Crippen LogP) is 11.5. The van der Waals surface area contributed by atoms with E-state index >= 15 is 0 Å². The van der Waals surface area contributed by atoms with E-state index in [1.54, 1.807) is 0 Å². The van der Waals surface area contributed by atoms with Gasteiger partial charge in [0.25, 0.3) is 0 Å². The highest BCUT2D eigenvalue weighted by Crippen LogP contribution is 2.36. The van der Waals surface area contributed by atoms with Crippen LogP contribution in [0.1, 0.15) is 207 Å². The molecule has 47 heavy (non-hydrogen) atoms. The van der Waals surface area contributed by atoms with Gasteiger partial charge in [0.2, 0.25) is 0 Å². The van der Waals surface area contributed by atoms with Crippen LogP contribution >= 0.6 is 7.82 Å². The summed E-state index contributed by atoms with van der Waals surface area (Å²) in [7, 11) is -4.74. The van der Waals surface area contributed by atoms with Crippen molar-refractivity contribution in [2.45, 2.75) is 213 Å². The van der Waals surface area contributed by atoms with Crippen molar-refractivity contribution in [2.24, 2.45) is 5.92 Å². The zero-order valence-electron chi connectivity index (χ0n) is 30.9. The van der Waals surface area contributed by atoms with Crippen LogP contribution in [-0.4, -0.2) is 41.0 Å². The Hall–Kier alpha value is -0.950. The predicted molar refractivity (Wildman–Crippen MR) is 193 cm³/mol. The number of hydrogen-bond donors (Lipinski definition) is 2. The summed E-state index contributed by atoms with van der Waals surface area (Å²) in [6.45, 7) is 6.03. The zero-order valence-corrected chi connectivity index (χ0v) is 31.8. The second kappa shape index (κ2) is 33.5. The average Bonchev–Trinajstić information content (AvgIpc) is 3.04. The van der Waals surface area contributed by atoms with Gasteiger partial charge in [-0.05, 0) is 18.8 Å². The smallest absolute Gasteiger partial charge is 0.462 e. The Labute approximate surface area is 289 Å². The number of esters is 2. The molecule has 0 aliphatic heterocycles. The summed E-state index contributed by atoms with van der Waals surface area (Å²) in [4.78, 5) is 42.5. The molecular weight excluding hydrogens is 615 g/mol. The highest BCUT2D eigenvalue weighted by atomic mass is 31.2. The third-order valence-corrected chi connectivity index (χ3v) is 9.65. The first-order valence-electron chi connectivity index (χ1n) is 19.7. The highest BCUT2D eigenvalue weighted by molar-refractivity contribution is 7.46. The molecule has 0 spiro atoms. The average molecular weight is 691 g/mol. The van der Waals surface area contributed by atoms with E-state index in [2.05, 4.69) is 25.3 Å². The first-order chi connectivity index (χ1) is 22.7. The van der Waals surface area contributed by atoms with Crippen LogP contribution < -0.4 is 0 Å². The van der Waals surface area contributed by atoms with Crippen LogP contribution in [0.15, 0.2) is 0 Å². The molecule has 0 fully saturated rings. The van der Waals surface area contributed by atoms with Crippen molar-refractivity contribution < 1.29 is 37.9 Å². The maximum atomic E-state index is 12.3. The van der Waals surface area contributed by atoms with Gasteiger partial charge in [-0.3, -0.25) is 14.1 Å². The van der Waals surface area contributed by atoms with Crippen LogP contribution in [0.25, 0.3) is 0 Å². The monoisotopic (exact) mass is 691 g/mol. The lowest BCUT2D eigenvalue weighted by Gasteiger charge is -2.18.